The zero-order valence-electron chi connectivity index (χ0n) is 18.9. The number of Topliss-reactive ketones (excluding diaryl/α,β-unsaturated/α-hetero) is 1. The molecule has 3 amide bonds. The third-order valence-electron chi connectivity index (χ3n) is 6.98. The van der Waals surface area contributed by atoms with E-state index in [0.717, 1.165) is 52.5 Å². The Balaban J connectivity index is 1.34. The zero-order valence-corrected chi connectivity index (χ0v) is 19.7. The van der Waals surface area contributed by atoms with Crippen molar-refractivity contribution < 1.29 is 14.4 Å². The average Bonchev–Trinajstić information content (AvgIpc) is 3.46. The normalized spacial score (nSPS) is 19.8. The quantitative estimate of drug-likeness (QED) is 0.438. The molecule has 7 heteroatoms. The number of nitrogens with zero attached hydrogens (tertiary/aromatic N) is 2. The standard InChI is InChI=1S/C26H27N3O3S/c1-17-15-20(18(2)28(17)13-10-19-7-4-3-5-8-19)22(30)16-29-24(31)26(27-25(29)32)12-6-9-23-21(26)11-14-33-23/h3-5,7-8,11,14-15H,6,9-10,12-13,16H2,1-2H3,(H,27,32)/t26-/m1/s1. The highest BCUT2D eigenvalue weighted by molar-refractivity contribution is 7.10. The molecule has 1 spiro atoms. The molecule has 1 atom stereocenters. The van der Waals surface area contributed by atoms with Crippen molar-refractivity contribution in [2.75, 3.05) is 6.54 Å². The van der Waals surface area contributed by atoms with Crippen LogP contribution in [0, 0.1) is 13.8 Å². The van der Waals surface area contributed by atoms with E-state index >= 15 is 0 Å². The summed E-state index contributed by atoms with van der Waals surface area (Å²) in [6, 6.07) is 13.6. The Bertz CT molecular complexity index is 1240. The Morgan fingerprint density at radius 1 is 1.15 bits per heavy atom. The van der Waals surface area contributed by atoms with Gasteiger partial charge in [0.15, 0.2) is 5.78 Å². The van der Waals surface area contributed by atoms with Gasteiger partial charge in [0.1, 0.15) is 5.54 Å². The van der Waals surface area contributed by atoms with Gasteiger partial charge in [-0.2, -0.15) is 0 Å². The maximum Gasteiger partial charge on any atom is 0.325 e. The van der Waals surface area contributed by atoms with Crippen LogP contribution in [0.1, 0.15) is 50.6 Å². The molecule has 5 rings (SSSR count). The van der Waals surface area contributed by atoms with Crippen molar-refractivity contribution in [3.8, 4) is 0 Å². The fourth-order valence-corrected chi connectivity index (χ4v) is 6.23. The molecular formula is C26H27N3O3S. The Kier molecular flexibility index (Phi) is 5.44. The van der Waals surface area contributed by atoms with Crippen molar-refractivity contribution >= 4 is 29.1 Å². The summed E-state index contributed by atoms with van der Waals surface area (Å²) in [5.41, 5.74) is 3.55. The number of hydrogen-bond donors (Lipinski definition) is 1. The molecule has 1 N–H and O–H groups in total. The lowest BCUT2D eigenvalue weighted by atomic mass is 9.80. The summed E-state index contributed by atoms with van der Waals surface area (Å²) in [6.07, 6.45) is 3.19. The Labute approximate surface area is 197 Å². The summed E-state index contributed by atoms with van der Waals surface area (Å²) in [5, 5.41) is 4.89. The largest absolute Gasteiger partial charge is 0.348 e. The summed E-state index contributed by atoms with van der Waals surface area (Å²) >= 11 is 1.62. The van der Waals surface area contributed by atoms with Crippen LogP contribution in [0.4, 0.5) is 4.79 Å². The lowest BCUT2D eigenvalue weighted by molar-refractivity contribution is -0.131. The molecule has 2 aromatic heterocycles. The smallest absolute Gasteiger partial charge is 0.325 e. The third-order valence-corrected chi connectivity index (χ3v) is 7.96. The van der Waals surface area contributed by atoms with Crippen molar-refractivity contribution in [1.82, 2.24) is 14.8 Å². The molecule has 0 radical (unpaired) electrons. The first-order valence-electron chi connectivity index (χ1n) is 11.4. The van der Waals surface area contributed by atoms with Crippen LogP contribution in [0.15, 0.2) is 47.8 Å². The number of urea groups is 1. The van der Waals surface area contributed by atoms with Gasteiger partial charge in [-0.05, 0) is 62.6 Å². The minimum atomic E-state index is -1.02. The van der Waals surface area contributed by atoms with E-state index < -0.39 is 11.6 Å². The predicted molar refractivity (Wildman–Crippen MR) is 128 cm³/mol. The summed E-state index contributed by atoms with van der Waals surface area (Å²) in [5.74, 6) is -0.519. The maximum atomic E-state index is 13.4. The number of imide groups is 1. The van der Waals surface area contributed by atoms with Gasteiger partial charge in [0.05, 0.1) is 6.54 Å². The summed E-state index contributed by atoms with van der Waals surface area (Å²) in [4.78, 5) is 41.7. The van der Waals surface area contributed by atoms with Crippen LogP contribution in [0.25, 0.3) is 0 Å². The van der Waals surface area contributed by atoms with E-state index in [9.17, 15) is 14.4 Å². The first kappa shape index (κ1) is 21.6. The van der Waals surface area contributed by atoms with E-state index in [1.54, 1.807) is 11.3 Å². The van der Waals surface area contributed by atoms with E-state index in [-0.39, 0.29) is 18.2 Å². The highest BCUT2D eigenvalue weighted by Crippen LogP contribution is 2.42. The Hall–Kier alpha value is -3.19. The SMILES string of the molecule is Cc1cc(C(=O)CN2C(=O)N[C@@]3(CCCc4sccc43)C2=O)c(C)n1CCc1ccccc1. The second-order valence-electron chi connectivity index (χ2n) is 8.93. The van der Waals surface area contributed by atoms with Crippen LogP contribution in [0.3, 0.4) is 0 Å². The number of fused-ring (bicyclic) bond motifs is 2. The Morgan fingerprint density at radius 3 is 2.73 bits per heavy atom. The van der Waals surface area contributed by atoms with Gasteiger partial charge >= 0.3 is 6.03 Å². The monoisotopic (exact) mass is 461 g/mol. The molecular weight excluding hydrogens is 434 g/mol. The van der Waals surface area contributed by atoms with E-state index in [4.69, 9.17) is 0 Å². The molecule has 1 fully saturated rings. The molecule has 1 saturated heterocycles. The number of carbonyl (C=O) groups excluding carboxylic acids is 3. The molecule has 0 bridgehead atoms. The first-order valence-corrected chi connectivity index (χ1v) is 12.2. The van der Waals surface area contributed by atoms with Gasteiger partial charge in [-0.25, -0.2) is 4.79 Å². The second-order valence-corrected chi connectivity index (χ2v) is 9.93. The number of aryl methyl sites for hydroxylation is 3. The van der Waals surface area contributed by atoms with Gasteiger partial charge in [0, 0.05) is 33.9 Å². The molecule has 1 aliphatic heterocycles. The van der Waals surface area contributed by atoms with Crippen LogP contribution >= 0.6 is 11.3 Å². The van der Waals surface area contributed by atoms with Gasteiger partial charge < -0.3 is 9.88 Å². The van der Waals surface area contributed by atoms with E-state index in [2.05, 4.69) is 22.0 Å². The molecule has 2 aliphatic rings. The number of rotatable bonds is 6. The molecule has 170 valence electrons. The summed E-state index contributed by atoms with van der Waals surface area (Å²) < 4.78 is 2.13. The van der Waals surface area contributed by atoms with Gasteiger partial charge in [0.2, 0.25) is 0 Å². The summed E-state index contributed by atoms with van der Waals surface area (Å²) in [6.45, 7) is 4.44. The fraction of sp³-hybridized carbons (Fsp3) is 0.346. The van der Waals surface area contributed by atoms with E-state index in [1.165, 1.54) is 5.56 Å². The number of ketones is 1. The topological polar surface area (TPSA) is 71.4 Å². The van der Waals surface area contributed by atoms with Crippen molar-refractivity contribution in [2.45, 2.75) is 51.6 Å². The molecule has 3 aromatic rings. The van der Waals surface area contributed by atoms with Crippen molar-refractivity contribution in [3.63, 3.8) is 0 Å². The lowest BCUT2D eigenvalue weighted by Gasteiger charge is -2.31. The molecule has 0 saturated carbocycles. The van der Waals surface area contributed by atoms with Crippen LogP contribution in [-0.2, 0) is 29.7 Å². The van der Waals surface area contributed by atoms with Crippen molar-refractivity contribution in [1.29, 1.82) is 0 Å². The minimum absolute atomic E-state index is 0.212. The van der Waals surface area contributed by atoms with Gasteiger partial charge in [-0.15, -0.1) is 11.3 Å². The molecule has 1 aliphatic carbocycles. The molecule has 6 nitrogen and oxygen atoms in total. The summed E-state index contributed by atoms with van der Waals surface area (Å²) in [7, 11) is 0. The maximum absolute atomic E-state index is 13.4. The van der Waals surface area contributed by atoms with Crippen LogP contribution in [0.2, 0.25) is 0 Å². The number of amides is 3. The zero-order chi connectivity index (χ0) is 23.2. The van der Waals surface area contributed by atoms with Crippen LogP contribution < -0.4 is 5.32 Å². The third kappa shape index (κ3) is 3.60. The minimum Gasteiger partial charge on any atom is -0.348 e. The van der Waals surface area contributed by atoms with E-state index in [1.807, 2.05) is 49.6 Å². The second kappa shape index (κ2) is 8.30. The Morgan fingerprint density at radius 2 is 1.94 bits per heavy atom. The fourth-order valence-electron chi connectivity index (χ4n) is 5.23. The number of hydrogen-bond acceptors (Lipinski definition) is 4. The molecule has 3 heterocycles. The molecule has 1 aromatic carbocycles. The molecule has 0 unspecified atom stereocenters. The van der Waals surface area contributed by atoms with E-state index in [0.29, 0.717) is 12.0 Å². The number of nitrogens with one attached hydrogen (secondary N) is 1. The van der Waals surface area contributed by atoms with Crippen LogP contribution in [-0.4, -0.2) is 33.7 Å². The lowest BCUT2D eigenvalue weighted by Crippen LogP contribution is -2.46. The van der Waals surface area contributed by atoms with Gasteiger partial charge in [-0.3, -0.25) is 14.5 Å². The number of benzene rings is 1. The highest BCUT2D eigenvalue weighted by Gasteiger charge is 2.54. The van der Waals surface area contributed by atoms with Crippen LogP contribution in [0.5, 0.6) is 0 Å². The van der Waals surface area contributed by atoms with Gasteiger partial charge in [-0.1, -0.05) is 30.3 Å². The average molecular weight is 462 g/mol. The van der Waals surface area contributed by atoms with Crippen molar-refractivity contribution in [2.24, 2.45) is 0 Å². The first-order chi connectivity index (χ1) is 15.9. The number of thiophene rings is 1. The highest BCUT2D eigenvalue weighted by atomic mass is 32.1. The predicted octanol–water partition coefficient (Wildman–Crippen LogP) is 4.38. The molecule has 33 heavy (non-hydrogen) atoms. The number of carbonyl (C=O) groups is 3. The van der Waals surface area contributed by atoms with Gasteiger partial charge in [0.25, 0.3) is 5.91 Å². The van der Waals surface area contributed by atoms with Crippen molar-refractivity contribution in [3.05, 3.63) is 80.8 Å². The number of aromatic nitrogens is 1.